The van der Waals surface area contributed by atoms with Crippen LogP contribution in [0.2, 0.25) is 0 Å². The molecule has 0 bridgehead atoms. The zero-order valence-electron chi connectivity index (χ0n) is 16.0. The van der Waals surface area contributed by atoms with Crippen molar-refractivity contribution in [1.29, 1.82) is 0 Å². The summed E-state index contributed by atoms with van der Waals surface area (Å²) < 4.78 is 2.03. The van der Waals surface area contributed by atoms with Gasteiger partial charge in [0.25, 0.3) is 0 Å². The maximum atomic E-state index is 12.7. The summed E-state index contributed by atoms with van der Waals surface area (Å²) in [6.07, 6.45) is 4.77. The Kier molecular flexibility index (Phi) is 6.01. The van der Waals surface area contributed by atoms with Crippen LogP contribution in [0.4, 0.5) is 0 Å². The van der Waals surface area contributed by atoms with Crippen molar-refractivity contribution in [3.05, 3.63) is 35.7 Å². The molecule has 1 aromatic carbocycles. The number of thioether (sulfide) groups is 1. The van der Waals surface area contributed by atoms with Crippen LogP contribution in [0.3, 0.4) is 0 Å². The molecule has 1 heterocycles. The summed E-state index contributed by atoms with van der Waals surface area (Å²) >= 11 is 1.47. The molecule has 1 aromatic heterocycles. The van der Waals surface area contributed by atoms with Gasteiger partial charge in [0, 0.05) is 6.04 Å². The number of carbonyl (C=O) groups excluding carboxylic acids is 1. The number of aryl methyl sites for hydroxylation is 2. The van der Waals surface area contributed by atoms with E-state index < -0.39 is 0 Å². The van der Waals surface area contributed by atoms with Crippen molar-refractivity contribution in [2.45, 2.75) is 69.8 Å². The quantitative estimate of drug-likeness (QED) is 0.804. The van der Waals surface area contributed by atoms with Crippen LogP contribution in [-0.2, 0) is 4.79 Å². The van der Waals surface area contributed by atoms with Gasteiger partial charge in [0.15, 0.2) is 5.16 Å². The molecule has 140 valence electrons. The van der Waals surface area contributed by atoms with Gasteiger partial charge in [0.2, 0.25) is 5.91 Å². The van der Waals surface area contributed by atoms with Gasteiger partial charge in [-0.1, -0.05) is 49.7 Å². The lowest BCUT2D eigenvalue weighted by atomic mass is 9.86. The van der Waals surface area contributed by atoms with Crippen LogP contribution in [0.25, 0.3) is 5.69 Å². The van der Waals surface area contributed by atoms with Crippen LogP contribution in [-0.4, -0.2) is 32.0 Å². The van der Waals surface area contributed by atoms with Crippen molar-refractivity contribution in [3.8, 4) is 5.69 Å². The molecule has 0 saturated heterocycles. The number of hydrogen-bond acceptors (Lipinski definition) is 4. The highest BCUT2D eigenvalue weighted by Crippen LogP contribution is 2.28. The molecule has 1 amide bonds. The lowest BCUT2D eigenvalue weighted by Crippen LogP contribution is -2.44. The highest BCUT2D eigenvalue weighted by Gasteiger charge is 2.26. The molecule has 0 spiro atoms. The maximum absolute atomic E-state index is 12.7. The Hall–Kier alpha value is -1.82. The molecule has 1 saturated carbocycles. The lowest BCUT2D eigenvalue weighted by Gasteiger charge is -2.30. The SMILES string of the molecule is Cc1ccccc1-n1c(C)nnc1SC(C)C(=O)NC1CCCCC1C. The summed E-state index contributed by atoms with van der Waals surface area (Å²) in [5, 5.41) is 12.3. The number of benzene rings is 1. The zero-order valence-corrected chi connectivity index (χ0v) is 16.8. The first-order valence-corrected chi connectivity index (χ1v) is 10.3. The zero-order chi connectivity index (χ0) is 18.7. The van der Waals surface area contributed by atoms with Crippen LogP contribution in [0.15, 0.2) is 29.4 Å². The van der Waals surface area contributed by atoms with Gasteiger partial charge in [-0.2, -0.15) is 0 Å². The van der Waals surface area contributed by atoms with Crippen LogP contribution >= 0.6 is 11.8 Å². The largest absolute Gasteiger partial charge is 0.352 e. The van der Waals surface area contributed by atoms with Gasteiger partial charge >= 0.3 is 0 Å². The minimum atomic E-state index is -0.213. The second-order valence-electron chi connectivity index (χ2n) is 7.29. The summed E-state index contributed by atoms with van der Waals surface area (Å²) in [6.45, 7) is 8.20. The van der Waals surface area contributed by atoms with Crippen molar-refractivity contribution in [2.75, 3.05) is 0 Å². The lowest BCUT2D eigenvalue weighted by molar-refractivity contribution is -0.121. The monoisotopic (exact) mass is 372 g/mol. The Morgan fingerprint density at radius 2 is 1.96 bits per heavy atom. The first-order chi connectivity index (χ1) is 12.5. The van der Waals surface area contributed by atoms with Gasteiger partial charge in [-0.05, 0) is 51.2 Å². The number of aromatic nitrogens is 3. The van der Waals surface area contributed by atoms with Crippen molar-refractivity contribution in [2.24, 2.45) is 5.92 Å². The molecule has 0 radical (unpaired) electrons. The Morgan fingerprint density at radius 3 is 2.69 bits per heavy atom. The van der Waals surface area contributed by atoms with Gasteiger partial charge < -0.3 is 5.32 Å². The van der Waals surface area contributed by atoms with Crippen molar-refractivity contribution in [3.63, 3.8) is 0 Å². The third-order valence-corrected chi connectivity index (χ3v) is 6.28. The fourth-order valence-electron chi connectivity index (χ4n) is 3.55. The van der Waals surface area contributed by atoms with E-state index >= 15 is 0 Å². The average Bonchev–Trinajstić information content (AvgIpc) is 2.97. The third kappa shape index (κ3) is 4.11. The number of nitrogens with one attached hydrogen (secondary N) is 1. The molecular weight excluding hydrogens is 344 g/mol. The van der Waals surface area contributed by atoms with Crippen molar-refractivity contribution in [1.82, 2.24) is 20.1 Å². The number of nitrogens with zero attached hydrogens (tertiary/aromatic N) is 3. The smallest absolute Gasteiger partial charge is 0.233 e. The molecule has 2 aromatic rings. The van der Waals surface area contributed by atoms with Gasteiger partial charge in [-0.15, -0.1) is 10.2 Å². The molecule has 3 unspecified atom stereocenters. The minimum absolute atomic E-state index is 0.0886. The first-order valence-electron chi connectivity index (χ1n) is 9.42. The Balaban J connectivity index is 1.73. The van der Waals surface area contributed by atoms with Crippen LogP contribution in [0.1, 0.15) is 50.9 Å². The Bertz CT molecular complexity index is 773. The van der Waals surface area contributed by atoms with Crippen LogP contribution in [0, 0.1) is 19.8 Å². The highest BCUT2D eigenvalue weighted by molar-refractivity contribution is 8.00. The summed E-state index contributed by atoms with van der Waals surface area (Å²) in [5.74, 6) is 1.48. The first kappa shape index (κ1) is 19.0. The fraction of sp³-hybridized carbons (Fsp3) is 0.550. The van der Waals surface area contributed by atoms with Crippen molar-refractivity contribution < 1.29 is 4.79 Å². The van der Waals surface area contributed by atoms with E-state index in [1.165, 1.54) is 31.0 Å². The van der Waals surface area contributed by atoms with Crippen molar-refractivity contribution >= 4 is 17.7 Å². The Morgan fingerprint density at radius 1 is 1.23 bits per heavy atom. The molecule has 3 atom stereocenters. The van der Waals surface area contributed by atoms with Gasteiger partial charge in [-0.3, -0.25) is 9.36 Å². The van der Waals surface area contributed by atoms with Gasteiger partial charge in [-0.25, -0.2) is 0 Å². The fourth-order valence-corrected chi connectivity index (χ4v) is 4.47. The van der Waals surface area contributed by atoms with E-state index in [1.54, 1.807) is 0 Å². The molecule has 3 rings (SSSR count). The predicted octanol–water partition coefficient (Wildman–Crippen LogP) is 4.06. The van der Waals surface area contributed by atoms with E-state index in [0.29, 0.717) is 12.0 Å². The van der Waals surface area contributed by atoms with E-state index in [1.807, 2.05) is 30.5 Å². The summed E-state index contributed by atoms with van der Waals surface area (Å²) in [5.41, 5.74) is 2.22. The molecule has 1 aliphatic rings. The summed E-state index contributed by atoms with van der Waals surface area (Å²) in [4.78, 5) is 12.7. The van der Waals surface area contributed by atoms with Gasteiger partial charge in [0.05, 0.1) is 10.9 Å². The standard InChI is InChI=1S/C20H28N4OS/c1-13-9-5-7-11-17(13)21-19(25)15(3)26-20-23-22-16(4)24(20)18-12-8-6-10-14(18)2/h6,8,10,12-13,15,17H,5,7,9,11H2,1-4H3,(H,21,25). The third-order valence-electron chi connectivity index (χ3n) is 5.24. The topological polar surface area (TPSA) is 59.8 Å². The molecule has 5 nitrogen and oxygen atoms in total. The van der Waals surface area contributed by atoms with E-state index in [0.717, 1.165) is 28.7 Å². The highest BCUT2D eigenvalue weighted by atomic mass is 32.2. The van der Waals surface area contributed by atoms with Gasteiger partial charge in [0.1, 0.15) is 5.82 Å². The van der Waals surface area contributed by atoms with Crippen LogP contribution in [0.5, 0.6) is 0 Å². The summed E-state index contributed by atoms with van der Waals surface area (Å²) in [6, 6.07) is 8.47. The second kappa shape index (κ2) is 8.25. The molecule has 1 fully saturated rings. The van der Waals surface area contributed by atoms with E-state index in [-0.39, 0.29) is 11.2 Å². The number of amides is 1. The number of para-hydroxylation sites is 1. The summed E-state index contributed by atoms with van der Waals surface area (Å²) in [7, 11) is 0. The van der Waals surface area contributed by atoms with Crippen LogP contribution < -0.4 is 5.32 Å². The average molecular weight is 373 g/mol. The van der Waals surface area contributed by atoms with E-state index in [2.05, 4.69) is 41.5 Å². The molecule has 0 aliphatic heterocycles. The Labute approximate surface area is 160 Å². The second-order valence-corrected chi connectivity index (χ2v) is 8.60. The number of hydrogen-bond donors (Lipinski definition) is 1. The molecule has 1 aliphatic carbocycles. The normalized spacial score (nSPS) is 21.4. The number of rotatable bonds is 5. The molecular formula is C20H28N4OS. The minimum Gasteiger partial charge on any atom is -0.352 e. The van der Waals surface area contributed by atoms with E-state index in [9.17, 15) is 4.79 Å². The molecule has 1 N–H and O–H groups in total. The van der Waals surface area contributed by atoms with E-state index in [4.69, 9.17) is 0 Å². The number of carbonyl (C=O) groups is 1. The maximum Gasteiger partial charge on any atom is 0.233 e. The molecule has 6 heteroatoms. The predicted molar refractivity (Wildman–Crippen MR) is 106 cm³/mol. The molecule has 26 heavy (non-hydrogen) atoms.